The molecule has 0 unspecified atom stereocenters. The van der Waals surface area contributed by atoms with Crippen LogP contribution in [-0.2, 0) is 60.7 Å². The molecule has 10 heavy (non-hydrogen) atoms. The Morgan fingerprint density at radius 3 is 1.70 bits per heavy atom. The average molecular weight is 455 g/mol. The van der Waals surface area contributed by atoms with Crippen molar-refractivity contribution >= 4 is 66.2 Å². The van der Waals surface area contributed by atoms with Crippen LogP contribution < -0.4 is 0 Å². The molecule has 0 heterocycles. The predicted molar refractivity (Wildman–Crippen MR) is 42.8 cm³/mol. The molecule has 56 valence electrons. The minimum Gasteiger partial charge on any atom is -1.00 e. The number of hydrogen-bond donors (Lipinski definition) is 0. The summed E-state index contributed by atoms with van der Waals surface area (Å²) in [6, 6.07) is 0. The fourth-order valence-electron chi connectivity index (χ4n) is 0.250. The monoisotopic (exact) mass is 455 g/mol. The van der Waals surface area contributed by atoms with E-state index >= 15 is 0 Å². The van der Waals surface area contributed by atoms with E-state index in [0.717, 1.165) is 6.42 Å². The van der Waals surface area contributed by atoms with Gasteiger partial charge in [0.2, 0.25) is 0 Å². The Bertz CT molecular complexity index is 36.9. The number of rotatable bonds is 2. The van der Waals surface area contributed by atoms with Gasteiger partial charge in [0.15, 0.2) is 17.4 Å². The molecule has 0 aromatic heterocycles. The summed E-state index contributed by atoms with van der Waals surface area (Å²) in [6.07, 6.45) is 3.65. The number of hydrogen-bond acceptors (Lipinski definition) is 0. The van der Waals surface area contributed by atoms with E-state index in [4.69, 9.17) is 0 Å². The topological polar surface area (TPSA) is 0 Å². The van der Waals surface area contributed by atoms with Gasteiger partial charge in [-0.15, -0.1) is 0 Å². The van der Waals surface area contributed by atoms with E-state index in [2.05, 4.69) is 13.8 Å². The van der Waals surface area contributed by atoms with Crippen molar-refractivity contribution in [1.82, 2.24) is 0 Å². The van der Waals surface area contributed by atoms with Gasteiger partial charge < -0.3 is 9.78 Å². The third-order valence-corrected chi connectivity index (χ3v) is 0.604. The smallest absolute Gasteiger partial charge is 1.00 e. The van der Waals surface area contributed by atoms with E-state index in [1.54, 1.807) is 0 Å². The summed E-state index contributed by atoms with van der Waals surface area (Å²) < 4.78 is 0. The maximum Gasteiger partial charge on any atom is 2.00 e. The van der Waals surface area contributed by atoms with Gasteiger partial charge >= 0.3 is 48.9 Å². The second kappa shape index (κ2) is 38.1. The van der Waals surface area contributed by atoms with Crippen molar-refractivity contribution in [3.05, 3.63) is 6.92 Å². The van der Waals surface area contributed by atoms with Crippen LogP contribution in [0.4, 0.5) is 0 Å². The molecule has 0 saturated carbocycles. The van der Waals surface area contributed by atoms with Crippen molar-refractivity contribution < 1.29 is 63.5 Å². The van der Waals surface area contributed by atoms with Crippen LogP contribution in [0.2, 0.25) is 0 Å². The molecule has 0 rings (SSSR count). The van der Waals surface area contributed by atoms with Crippen LogP contribution in [0, 0.1) is 6.92 Å². The van der Waals surface area contributed by atoms with Gasteiger partial charge in [0, 0.05) is 60.7 Å². The second-order valence-electron chi connectivity index (χ2n) is 1.21. The normalized spacial score (nSPS) is 4.20. The molecule has 0 fully saturated rings. The average Bonchev–Trinajstić information content (AvgIpc) is 1.41. The molecule has 0 aliphatic heterocycles. The molecule has 0 radical (unpaired) electrons. The summed E-state index contributed by atoms with van der Waals surface area (Å²) >= 11 is 0. The van der Waals surface area contributed by atoms with Gasteiger partial charge in [0.25, 0.3) is 0 Å². The van der Waals surface area contributed by atoms with Gasteiger partial charge in [0.1, 0.15) is 0 Å². The van der Waals surface area contributed by atoms with Gasteiger partial charge in [-0.1, -0.05) is 19.8 Å². The van der Waals surface area contributed by atoms with Gasteiger partial charge in [-0.2, -0.15) is 6.42 Å². The van der Waals surface area contributed by atoms with Crippen molar-refractivity contribution in [2.24, 2.45) is 0 Å². The summed E-state index contributed by atoms with van der Waals surface area (Å²) in [4.78, 5) is 0. The van der Waals surface area contributed by atoms with Crippen molar-refractivity contribution in [3.63, 3.8) is 0 Å². The van der Waals surface area contributed by atoms with Gasteiger partial charge in [-0.05, 0) is 0 Å². The molecular weight excluding hydrogens is 439 g/mol. The SMILES string of the molecule is [AlH3].[Ba+2].[CH2-]CCCC.[H-].[H-].[Ru].[Ti].[Zn]. The maximum absolute atomic E-state index is 3.68. The van der Waals surface area contributed by atoms with E-state index in [9.17, 15) is 0 Å². The van der Waals surface area contributed by atoms with Crippen LogP contribution in [0.5, 0.6) is 0 Å². The predicted octanol–water partition coefficient (Wildman–Crippen LogP) is 0.663. The van der Waals surface area contributed by atoms with E-state index in [1.165, 1.54) is 12.8 Å². The molecule has 0 bridgehead atoms. The molecule has 0 saturated heterocycles. The molecule has 0 aromatic carbocycles. The minimum absolute atomic E-state index is 0. The molecule has 0 aromatic rings. The zero-order valence-corrected chi connectivity index (χ0v) is 16.8. The van der Waals surface area contributed by atoms with Crippen LogP contribution in [0.3, 0.4) is 0 Å². The Labute approximate surface area is 159 Å². The molecule has 0 N–H and O–H groups in total. The quantitative estimate of drug-likeness (QED) is 0.425. The first-order valence-corrected chi connectivity index (χ1v) is 2.21. The summed E-state index contributed by atoms with van der Waals surface area (Å²) in [5.41, 5.74) is 0. The van der Waals surface area contributed by atoms with Gasteiger partial charge in [-0.3, -0.25) is 0 Å². The van der Waals surface area contributed by atoms with E-state index in [1.807, 2.05) is 0 Å². The van der Waals surface area contributed by atoms with Crippen LogP contribution >= 0.6 is 0 Å². The Morgan fingerprint density at radius 2 is 1.70 bits per heavy atom. The van der Waals surface area contributed by atoms with Crippen molar-refractivity contribution in [2.75, 3.05) is 0 Å². The molecule has 0 aliphatic rings. The number of unbranched alkanes of at least 4 members (excludes halogenated alkanes) is 2. The van der Waals surface area contributed by atoms with E-state index in [0.29, 0.717) is 0 Å². The summed E-state index contributed by atoms with van der Waals surface area (Å²) in [5.74, 6) is 0. The molecule has 0 nitrogen and oxygen atoms in total. The minimum atomic E-state index is 0. The summed E-state index contributed by atoms with van der Waals surface area (Å²) in [6.45, 7) is 5.85. The zero-order chi connectivity index (χ0) is 4.12. The Hall–Kier alpha value is 4.06. The summed E-state index contributed by atoms with van der Waals surface area (Å²) in [7, 11) is 0. The van der Waals surface area contributed by atoms with Crippen molar-refractivity contribution in [2.45, 2.75) is 26.2 Å². The second-order valence-corrected chi connectivity index (χ2v) is 1.21. The first-order chi connectivity index (χ1) is 2.41. The van der Waals surface area contributed by atoms with Crippen LogP contribution in [-0.4, -0.2) is 66.2 Å². The molecule has 0 spiro atoms. The molecule has 0 amide bonds. The van der Waals surface area contributed by atoms with Crippen LogP contribution in [0.15, 0.2) is 0 Å². The van der Waals surface area contributed by atoms with Crippen LogP contribution in [0.1, 0.15) is 29.0 Å². The van der Waals surface area contributed by atoms with Gasteiger partial charge in [-0.25, -0.2) is 0 Å². The third kappa shape index (κ3) is 40.2. The molecular formula is C5H16AlBaRuTiZn-. The Balaban J connectivity index is -0.00000000381. The van der Waals surface area contributed by atoms with Crippen molar-refractivity contribution in [1.29, 1.82) is 0 Å². The first kappa shape index (κ1) is 36.9. The largest absolute Gasteiger partial charge is 2.00 e. The van der Waals surface area contributed by atoms with Crippen molar-refractivity contribution in [3.8, 4) is 0 Å². The fraction of sp³-hybridized carbons (Fsp3) is 0.800. The maximum atomic E-state index is 3.68. The van der Waals surface area contributed by atoms with Crippen LogP contribution in [0.25, 0.3) is 0 Å². The third-order valence-electron chi connectivity index (χ3n) is 0.604. The first-order valence-electron chi connectivity index (χ1n) is 2.21. The fourth-order valence-corrected chi connectivity index (χ4v) is 0.250. The van der Waals surface area contributed by atoms with E-state index in [-0.39, 0.29) is 130 Å². The standard InChI is InChI=1S/C5H11.Al.Ba.Ru.Ti.Zn.5H/c1-3-5-4-2;;;;;;;;;;/h1,3-5H2,2H3;;;;;;;;;;/q-1;;+2;;;;;;;2*-1. The van der Waals surface area contributed by atoms with E-state index < -0.39 is 0 Å². The Kier molecular flexibility index (Phi) is 141. The molecule has 0 aliphatic carbocycles. The summed E-state index contributed by atoms with van der Waals surface area (Å²) in [5, 5.41) is 0. The molecule has 0 atom stereocenters. The molecule has 5 heteroatoms. The van der Waals surface area contributed by atoms with Gasteiger partial charge in [0.05, 0.1) is 0 Å². The zero-order valence-electron chi connectivity index (χ0n) is 8.10. The Morgan fingerprint density at radius 1 is 1.40 bits per heavy atom.